The molecule has 2 rings (SSSR count). The minimum Gasteiger partial charge on any atom is -0.457 e. The van der Waals surface area contributed by atoms with Gasteiger partial charge in [0.2, 0.25) is 5.91 Å². The van der Waals surface area contributed by atoms with Crippen LogP contribution in [-0.2, 0) is 0 Å². The van der Waals surface area contributed by atoms with Crippen molar-refractivity contribution in [2.45, 2.75) is 19.4 Å². The van der Waals surface area contributed by atoms with Gasteiger partial charge in [0.05, 0.1) is 0 Å². The Labute approximate surface area is 118 Å². The summed E-state index contributed by atoms with van der Waals surface area (Å²) in [5, 5.41) is 0. The van der Waals surface area contributed by atoms with Crippen molar-refractivity contribution in [2.75, 3.05) is 0 Å². The summed E-state index contributed by atoms with van der Waals surface area (Å²) in [6, 6.07) is 14.3. The predicted molar refractivity (Wildman–Crippen MR) is 78.7 cm³/mol. The zero-order chi connectivity index (χ0) is 14.5. The second-order valence-electron chi connectivity index (χ2n) is 4.54. The number of benzene rings is 2. The van der Waals surface area contributed by atoms with Gasteiger partial charge in [-0.25, -0.2) is 0 Å². The van der Waals surface area contributed by atoms with Gasteiger partial charge in [-0.15, -0.1) is 0 Å². The van der Waals surface area contributed by atoms with Crippen LogP contribution in [0.25, 0.3) is 0 Å². The second-order valence-corrected chi connectivity index (χ2v) is 4.54. The van der Waals surface area contributed by atoms with Gasteiger partial charge in [0.15, 0.2) is 0 Å². The van der Waals surface area contributed by atoms with Crippen molar-refractivity contribution in [3.8, 4) is 11.5 Å². The van der Waals surface area contributed by atoms with Crippen molar-refractivity contribution in [2.24, 2.45) is 11.5 Å². The highest BCUT2D eigenvalue weighted by atomic mass is 16.5. The van der Waals surface area contributed by atoms with Gasteiger partial charge in [0, 0.05) is 17.2 Å². The van der Waals surface area contributed by atoms with E-state index >= 15 is 0 Å². The van der Waals surface area contributed by atoms with E-state index in [1.807, 2.05) is 31.2 Å². The van der Waals surface area contributed by atoms with Crippen LogP contribution in [0.2, 0.25) is 0 Å². The van der Waals surface area contributed by atoms with Crippen molar-refractivity contribution in [1.82, 2.24) is 0 Å². The summed E-state index contributed by atoms with van der Waals surface area (Å²) in [5.74, 6) is 0.921. The molecule has 0 spiro atoms. The smallest absolute Gasteiger partial charge is 0.248 e. The van der Waals surface area contributed by atoms with E-state index < -0.39 is 5.91 Å². The molecule has 4 N–H and O–H groups in total. The third-order valence-electron chi connectivity index (χ3n) is 3.12. The van der Waals surface area contributed by atoms with Crippen LogP contribution in [0.15, 0.2) is 48.5 Å². The standard InChI is InChI=1S/C16H18N2O2/c1-2-14(17)13-5-3-4-6-15(13)20-12-9-7-11(8-10-12)16(18)19/h3-10,14H,2,17H2,1H3,(H2,18,19)/t14-/m0/s1. The highest BCUT2D eigenvalue weighted by Gasteiger charge is 2.10. The van der Waals surface area contributed by atoms with Crippen LogP contribution in [0, 0.1) is 0 Å². The lowest BCUT2D eigenvalue weighted by Crippen LogP contribution is -2.10. The first kappa shape index (κ1) is 14.1. The summed E-state index contributed by atoms with van der Waals surface area (Å²) in [4.78, 5) is 11.0. The Morgan fingerprint density at radius 2 is 1.80 bits per heavy atom. The molecule has 2 aromatic rings. The molecular weight excluding hydrogens is 252 g/mol. The van der Waals surface area contributed by atoms with E-state index in [9.17, 15) is 4.79 Å². The van der Waals surface area contributed by atoms with Gasteiger partial charge in [0.25, 0.3) is 0 Å². The Balaban J connectivity index is 2.23. The monoisotopic (exact) mass is 270 g/mol. The fourth-order valence-electron chi connectivity index (χ4n) is 1.91. The molecule has 0 aliphatic heterocycles. The van der Waals surface area contributed by atoms with E-state index in [1.54, 1.807) is 24.3 Å². The fourth-order valence-corrected chi connectivity index (χ4v) is 1.91. The van der Waals surface area contributed by atoms with Crippen LogP contribution in [0.4, 0.5) is 0 Å². The van der Waals surface area contributed by atoms with Gasteiger partial charge in [-0.05, 0) is 36.8 Å². The number of carbonyl (C=O) groups excluding carboxylic acids is 1. The first-order chi connectivity index (χ1) is 9.61. The first-order valence-corrected chi connectivity index (χ1v) is 6.54. The number of hydrogen-bond donors (Lipinski definition) is 2. The highest BCUT2D eigenvalue weighted by Crippen LogP contribution is 2.29. The van der Waals surface area contributed by atoms with Crippen LogP contribution < -0.4 is 16.2 Å². The molecule has 20 heavy (non-hydrogen) atoms. The number of ether oxygens (including phenoxy) is 1. The molecule has 0 heterocycles. The molecule has 0 saturated heterocycles. The molecule has 0 fully saturated rings. The number of carbonyl (C=O) groups is 1. The van der Waals surface area contributed by atoms with Gasteiger partial charge in [-0.2, -0.15) is 0 Å². The molecule has 104 valence electrons. The quantitative estimate of drug-likeness (QED) is 0.876. The molecule has 0 unspecified atom stereocenters. The Kier molecular flexibility index (Phi) is 4.38. The number of primary amides is 1. The molecule has 0 aliphatic rings. The minimum absolute atomic E-state index is 0.0592. The molecule has 1 amide bonds. The normalized spacial score (nSPS) is 11.9. The average molecular weight is 270 g/mol. The van der Waals surface area contributed by atoms with Crippen LogP contribution in [0.3, 0.4) is 0 Å². The Morgan fingerprint density at radius 3 is 2.40 bits per heavy atom. The van der Waals surface area contributed by atoms with E-state index in [0.29, 0.717) is 11.3 Å². The number of hydrogen-bond acceptors (Lipinski definition) is 3. The molecule has 0 bridgehead atoms. The molecule has 4 nitrogen and oxygen atoms in total. The van der Waals surface area contributed by atoms with E-state index in [2.05, 4.69) is 0 Å². The van der Waals surface area contributed by atoms with E-state index in [0.717, 1.165) is 17.7 Å². The number of rotatable bonds is 5. The third-order valence-corrected chi connectivity index (χ3v) is 3.12. The average Bonchev–Trinajstić information content (AvgIpc) is 2.47. The molecule has 0 saturated carbocycles. The van der Waals surface area contributed by atoms with Crippen LogP contribution in [0.5, 0.6) is 11.5 Å². The van der Waals surface area contributed by atoms with Crippen molar-refractivity contribution in [3.05, 3.63) is 59.7 Å². The van der Waals surface area contributed by atoms with Gasteiger partial charge in [-0.3, -0.25) is 4.79 Å². The molecule has 0 radical (unpaired) electrons. The van der Waals surface area contributed by atoms with Gasteiger partial charge in [0.1, 0.15) is 11.5 Å². The van der Waals surface area contributed by atoms with E-state index in [1.165, 1.54) is 0 Å². The molecule has 1 atom stereocenters. The predicted octanol–water partition coefficient (Wildman–Crippen LogP) is 2.99. The molecule has 4 heteroatoms. The second kappa shape index (κ2) is 6.21. The minimum atomic E-state index is -0.454. The number of nitrogens with two attached hydrogens (primary N) is 2. The third kappa shape index (κ3) is 3.16. The Hall–Kier alpha value is -2.33. The topological polar surface area (TPSA) is 78.3 Å². The molecule has 0 aliphatic carbocycles. The summed E-state index contributed by atoms with van der Waals surface area (Å²) in [7, 11) is 0. The first-order valence-electron chi connectivity index (χ1n) is 6.54. The van der Waals surface area contributed by atoms with Gasteiger partial charge >= 0.3 is 0 Å². The summed E-state index contributed by atoms with van der Waals surface area (Å²) >= 11 is 0. The highest BCUT2D eigenvalue weighted by molar-refractivity contribution is 5.92. The van der Waals surface area contributed by atoms with Gasteiger partial charge < -0.3 is 16.2 Å². The van der Waals surface area contributed by atoms with Crippen molar-refractivity contribution >= 4 is 5.91 Å². The van der Waals surface area contributed by atoms with E-state index in [-0.39, 0.29) is 6.04 Å². The van der Waals surface area contributed by atoms with Crippen molar-refractivity contribution < 1.29 is 9.53 Å². The summed E-state index contributed by atoms with van der Waals surface area (Å²) in [5.41, 5.74) is 12.7. The van der Waals surface area contributed by atoms with Crippen LogP contribution in [0.1, 0.15) is 35.3 Å². The maximum atomic E-state index is 11.0. The maximum Gasteiger partial charge on any atom is 0.248 e. The van der Waals surface area contributed by atoms with Crippen molar-refractivity contribution in [1.29, 1.82) is 0 Å². The Morgan fingerprint density at radius 1 is 1.15 bits per heavy atom. The largest absolute Gasteiger partial charge is 0.457 e. The lowest BCUT2D eigenvalue weighted by molar-refractivity contribution is 0.100. The molecular formula is C16H18N2O2. The fraction of sp³-hybridized carbons (Fsp3) is 0.188. The SMILES string of the molecule is CC[C@H](N)c1ccccc1Oc1ccc(C(N)=O)cc1. The van der Waals surface area contributed by atoms with Gasteiger partial charge in [-0.1, -0.05) is 25.1 Å². The summed E-state index contributed by atoms with van der Waals surface area (Å²) in [6.45, 7) is 2.03. The van der Waals surface area contributed by atoms with Crippen LogP contribution in [-0.4, -0.2) is 5.91 Å². The molecule has 2 aromatic carbocycles. The van der Waals surface area contributed by atoms with Crippen LogP contribution >= 0.6 is 0 Å². The zero-order valence-electron chi connectivity index (χ0n) is 11.4. The zero-order valence-corrected chi connectivity index (χ0v) is 11.4. The summed E-state index contributed by atoms with van der Waals surface area (Å²) < 4.78 is 5.84. The maximum absolute atomic E-state index is 11.0. The number of amides is 1. The summed E-state index contributed by atoms with van der Waals surface area (Å²) in [6.07, 6.45) is 0.834. The molecule has 0 aromatic heterocycles. The lowest BCUT2D eigenvalue weighted by atomic mass is 10.0. The van der Waals surface area contributed by atoms with Crippen molar-refractivity contribution in [3.63, 3.8) is 0 Å². The Bertz CT molecular complexity index is 594. The lowest BCUT2D eigenvalue weighted by Gasteiger charge is -2.15. The van der Waals surface area contributed by atoms with E-state index in [4.69, 9.17) is 16.2 Å². The number of para-hydroxylation sites is 1.